The maximum Gasteiger partial charge on any atom is 0.132 e. The van der Waals surface area contributed by atoms with E-state index in [1.54, 1.807) is 0 Å². The molecule has 0 unspecified atom stereocenters. The molecule has 0 bridgehead atoms. The molecule has 0 heterocycles. The van der Waals surface area contributed by atoms with E-state index in [2.05, 4.69) is 28.1 Å². The number of hydrogen-bond acceptors (Lipinski definition) is 1. The zero-order chi connectivity index (χ0) is 23.0. The Kier molecular flexibility index (Phi) is 22.5. The number of rotatable bonds is 25. The lowest BCUT2D eigenvalue weighted by Gasteiger charge is -2.23. The summed E-state index contributed by atoms with van der Waals surface area (Å²) < 4.78 is 1.01. The minimum atomic E-state index is 0.494. The molecule has 2 heteroatoms. The first kappa shape index (κ1) is 30.6. The summed E-state index contributed by atoms with van der Waals surface area (Å²) in [6.07, 6.45) is 30.6. The van der Waals surface area contributed by atoms with Crippen LogP contribution in [-0.2, 0) is 4.79 Å². The molecule has 0 atom stereocenters. The van der Waals surface area contributed by atoms with Gasteiger partial charge in [0.25, 0.3) is 0 Å². The third kappa shape index (κ3) is 27.6. The van der Waals surface area contributed by atoms with Gasteiger partial charge in [-0.1, -0.05) is 122 Å². The van der Waals surface area contributed by atoms with Crippen LogP contribution in [0.5, 0.6) is 0 Å². The first-order valence-electron chi connectivity index (χ1n) is 14.3. The number of unbranched alkanes of at least 4 members (excludes halogenated alkanes) is 19. The number of Topliss-reactive ketones (excluding diaryl/α,β-unsaturated/α-hetero) is 1. The Bertz CT molecular complexity index is 371. The number of quaternary nitrogens is 1. The van der Waals surface area contributed by atoms with E-state index in [1.807, 2.05) is 0 Å². The summed E-state index contributed by atoms with van der Waals surface area (Å²) in [6.45, 7) is 3.47. The molecule has 2 nitrogen and oxygen atoms in total. The highest BCUT2D eigenvalue weighted by molar-refractivity contribution is 5.78. The Morgan fingerprint density at radius 3 is 1.06 bits per heavy atom. The van der Waals surface area contributed by atoms with Crippen LogP contribution in [0.2, 0.25) is 0 Å². The Labute approximate surface area is 197 Å². The second-order valence-corrected chi connectivity index (χ2v) is 11.1. The topological polar surface area (TPSA) is 17.1 Å². The van der Waals surface area contributed by atoms with Crippen LogP contribution in [0.3, 0.4) is 0 Å². The van der Waals surface area contributed by atoms with Crippen LogP contribution in [-0.4, -0.2) is 38.0 Å². The molecule has 31 heavy (non-hydrogen) atoms. The van der Waals surface area contributed by atoms with Crippen molar-refractivity contribution in [3.63, 3.8) is 0 Å². The highest BCUT2D eigenvalue weighted by atomic mass is 16.1. The van der Waals surface area contributed by atoms with Gasteiger partial charge < -0.3 is 4.48 Å². The van der Waals surface area contributed by atoms with Crippen molar-refractivity contribution in [1.29, 1.82) is 0 Å². The van der Waals surface area contributed by atoms with Gasteiger partial charge in [0.2, 0.25) is 0 Å². The van der Waals surface area contributed by atoms with Gasteiger partial charge in [-0.25, -0.2) is 0 Å². The van der Waals surface area contributed by atoms with Crippen LogP contribution < -0.4 is 0 Å². The van der Waals surface area contributed by atoms with Gasteiger partial charge in [-0.05, 0) is 19.3 Å². The predicted molar refractivity (Wildman–Crippen MR) is 140 cm³/mol. The summed E-state index contributed by atoms with van der Waals surface area (Å²) in [4.78, 5) is 11.9. The average Bonchev–Trinajstić information content (AvgIpc) is 2.72. The van der Waals surface area contributed by atoms with Crippen molar-refractivity contribution in [2.24, 2.45) is 0 Å². The Morgan fingerprint density at radius 2 is 0.742 bits per heavy atom. The molecular formula is C29H60NO+. The standard InChI is InChI=1S/C29H60NO/c1-5-6-7-8-9-10-11-12-13-14-15-16-17-18-19-20-21-22-23-26-29(31)27-24-25-28-30(2,3)4/h5-28H2,1-4H3/q+1. The normalized spacial score (nSPS) is 11.9. The van der Waals surface area contributed by atoms with Gasteiger partial charge in [0, 0.05) is 12.8 Å². The summed E-state index contributed by atoms with van der Waals surface area (Å²) >= 11 is 0. The fourth-order valence-corrected chi connectivity index (χ4v) is 4.43. The first-order valence-corrected chi connectivity index (χ1v) is 14.3. The van der Waals surface area contributed by atoms with E-state index in [0.717, 1.165) is 30.2 Å². The SMILES string of the molecule is CCCCCCCCCCCCCCCCCCCCCC(=O)CCCC[N+](C)(C)C. The molecule has 0 aliphatic rings. The molecule has 0 aliphatic carbocycles. The van der Waals surface area contributed by atoms with Crippen LogP contribution in [0.25, 0.3) is 0 Å². The van der Waals surface area contributed by atoms with Gasteiger partial charge in [-0.3, -0.25) is 4.79 Å². The van der Waals surface area contributed by atoms with E-state index >= 15 is 0 Å². The minimum absolute atomic E-state index is 0.494. The number of ketones is 1. The summed E-state index contributed by atoms with van der Waals surface area (Å²) in [7, 11) is 6.67. The third-order valence-electron chi connectivity index (χ3n) is 6.59. The van der Waals surface area contributed by atoms with Crippen LogP contribution in [0.4, 0.5) is 0 Å². The van der Waals surface area contributed by atoms with Crippen LogP contribution in [0.15, 0.2) is 0 Å². The number of carbonyl (C=O) groups excluding carboxylic acids is 1. The molecule has 0 aromatic heterocycles. The molecule has 0 rings (SSSR count). The number of hydrogen-bond donors (Lipinski definition) is 0. The lowest BCUT2D eigenvalue weighted by atomic mass is 10.0. The number of nitrogens with zero attached hydrogens (tertiary/aromatic N) is 1. The second kappa shape index (κ2) is 22.8. The highest BCUT2D eigenvalue weighted by Crippen LogP contribution is 2.15. The molecule has 0 saturated carbocycles. The van der Waals surface area contributed by atoms with E-state index in [9.17, 15) is 4.79 Å². The Morgan fingerprint density at radius 1 is 0.452 bits per heavy atom. The first-order chi connectivity index (χ1) is 15.0. The van der Waals surface area contributed by atoms with Crippen molar-refractivity contribution in [3.05, 3.63) is 0 Å². The molecule has 0 saturated heterocycles. The van der Waals surface area contributed by atoms with E-state index in [1.165, 1.54) is 129 Å². The van der Waals surface area contributed by atoms with Crippen molar-refractivity contribution >= 4 is 5.78 Å². The lowest BCUT2D eigenvalue weighted by molar-refractivity contribution is -0.870. The van der Waals surface area contributed by atoms with Crippen molar-refractivity contribution in [3.8, 4) is 0 Å². The van der Waals surface area contributed by atoms with Gasteiger partial charge in [0.1, 0.15) is 5.78 Å². The van der Waals surface area contributed by atoms with Crippen LogP contribution in [0, 0.1) is 0 Å². The molecule has 0 spiro atoms. The minimum Gasteiger partial charge on any atom is -0.331 e. The van der Waals surface area contributed by atoms with Crippen molar-refractivity contribution in [2.45, 2.75) is 155 Å². The zero-order valence-electron chi connectivity index (χ0n) is 22.3. The van der Waals surface area contributed by atoms with Gasteiger partial charge in [0.15, 0.2) is 0 Å². The van der Waals surface area contributed by atoms with Gasteiger partial charge in [0.05, 0.1) is 27.7 Å². The molecule has 186 valence electrons. The third-order valence-corrected chi connectivity index (χ3v) is 6.59. The van der Waals surface area contributed by atoms with E-state index < -0.39 is 0 Å². The molecule has 0 radical (unpaired) electrons. The van der Waals surface area contributed by atoms with Crippen molar-refractivity contribution in [1.82, 2.24) is 0 Å². The Hall–Kier alpha value is -0.370. The maximum absolute atomic E-state index is 11.9. The summed E-state index contributed by atoms with van der Waals surface area (Å²) in [5.74, 6) is 0.494. The monoisotopic (exact) mass is 438 g/mol. The molecule has 0 aromatic rings. The summed E-state index contributed by atoms with van der Waals surface area (Å²) in [6, 6.07) is 0. The van der Waals surface area contributed by atoms with E-state index in [0.29, 0.717) is 5.78 Å². The second-order valence-electron chi connectivity index (χ2n) is 11.1. The van der Waals surface area contributed by atoms with E-state index in [4.69, 9.17) is 0 Å². The van der Waals surface area contributed by atoms with Crippen molar-refractivity contribution in [2.75, 3.05) is 27.7 Å². The van der Waals surface area contributed by atoms with Crippen molar-refractivity contribution < 1.29 is 9.28 Å². The molecule has 0 fully saturated rings. The zero-order valence-corrected chi connectivity index (χ0v) is 22.3. The van der Waals surface area contributed by atoms with Crippen LogP contribution in [0.1, 0.15) is 155 Å². The fourth-order valence-electron chi connectivity index (χ4n) is 4.43. The molecule has 0 aliphatic heterocycles. The van der Waals surface area contributed by atoms with Crippen LogP contribution >= 0.6 is 0 Å². The van der Waals surface area contributed by atoms with Gasteiger partial charge in [-0.15, -0.1) is 0 Å². The predicted octanol–water partition coefficient (Wildman–Crippen LogP) is 9.25. The van der Waals surface area contributed by atoms with Gasteiger partial charge >= 0.3 is 0 Å². The maximum atomic E-state index is 11.9. The quantitative estimate of drug-likeness (QED) is 0.102. The highest BCUT2D eigenvalue weighted by Gasteiger charge is 2.07. The smallest absolute Gasteiger partial charge is 0.132 e. The number of carbonyl (C=O) groups is 1. The fraction of sp³-hybridized carbons (Fsp3) is 0.966. The molecule has 0 amide bonds. The molecule has 0 N–H and O–H groups in total. The largest absolute Gasteiger partial charge is 0.331 e. The molecular weight excluding hydrogens is 378 g/mol. The lowest BCUT2D eigenvalue weighted by Crippen LogP contribution is -2.35. The summed E-state index contributed by atoms with van der Waals surface area (Å²) in [5.41, 5.74) is 0. The molecule has 0 aromatic carbocycles. The average molecular weight is 439 g/mol. The van der Waals surface area contributed by atoms with E-state index in [-0.39, 0.29) is 0 Å². The van der Waals surface area contributed by atoms with Gasteiger partial charge in [-0.2, -0.15) is 0 Å². The summed E-state index contributed by atoms with van der Waals surface area (Å²) in [5, 5.41) is 0. The Balaban J connectivity index is 3.14.